The topological polar surface area (TPSA) is 91.9 Å². The Bertz CT molecular complexity index is 717. The fraction of sp³-hybridized carbons (Fsp3) is 0.286. The summed E-state index contributed by atoms with van der Waals surface area (Å²) in [4.78, 5) is 19.1. The number of para-hydroxylation sites is 2. The first-order valence-electron chi connectivity index (χ1n) is 6.52. The van der Waals surface area contributed by atoms with Crippen LogP contribution in [0.2, 0.25) is 0 Å². The molecule has 0 spiro atoms. The number of aromatic amines is 1. The van der Waals surface area contributed by atoms with Crippen LogP contribution in [-0.2, 0) is 21.1 Å². The van der Waals surface area contributed by atoms with E-state index >= 15 is 0 Å². The second kappa shape index (κ2) is 6.53. The molecule has 1 amide bonds. The van der Waals surface area contributed by atoms with Gasteiger partial charge in [0.1, 0.15) is 11.6 Å². The van der Waals surface area contributed by atoms with Gasteiger partial charge in [-0.25, -0.2) is 13.4 Å². The SMILES string of the molecule is C=CCS(=O)(=O)CC(=O)NCCc1nc2ccccc2[nH]1. The molecule has 112 valence electrons. The number of carbonyl (C=O) groups excluding carboxylic acids is 1. The number of sulfone groups is 1. The van der Waals surface area contributed by atoms with Crippen molar-refractivity contribution in [1.29, 1.82) is 0 Å². The van der Waals surface area contributed by atoms with Crippen molar-refractivity contribution in [3.63, 3.8) is 0 Å². The summed E-state index contributed by atoms with van der Waals surface area (Å²) in [6.07, 6.45) is 1.79. The number of carbonyl (C=O) groups is 1. The highest BCUT2D eigenvalue weighted by Crippen LogP contribution is 2.10. The Morgan fingerprint density at radius 3 is 2.86 bits per heavy atom. The van der Waals surface area contributed by atoms with Crippen LogP contribution in [0, 0.1) is 0 Å². The Morgan fingerprint density at radius 2 is 2.14 bits per heavy atom. The van der Waals surface area contributed by atoms with E-state index in [-0.39, 0.29) is 5.75 Å². The molecule has 0 atom stereocenters. The normalized spacial score (nSPS) is 11.4. The van der Waals surface area contributed by atoms with Crippen LogP contribution < -0.4 is 5.32 Å². The van der Waals surface area contributed by atoms with Gasteiger partial charge in [0.25, 0.3) is 0 Å². The summed E-state index contributed by atoms with van der Waals surface area (Å²) in [6, 6.07) is 7.64. The lowest BCUT2D eigenvalue weighted by Crippen LogP contribution is -2.32. The average molecular weight is 307 g/mol. The van der Waals surface area contributed by atoms with Gasteiger partial charge in [0, 0.05) is 13.0 Å². The second-order valence-electron chi connectivity index (χ2n) is 4.64. The van der Waals surface area contributed by atoms with Crippen molar-refractivity contribution in [2.45, 2.75) is 6.42 Å². The first kappa shape index (κ1) is 15.2. The third kappa shape index (κ3) is 4.42. The summed E-state index contributed by atoms with van der Waals surface area (Å²) in [5.41, 5.74) is 1.81. The number of nitrogens with zero attached hydrogens (tertiary/aromatic N) is 1. The number of H-pyrrole nitrogens is 1. The van der Waals surface area contributed by atoms with Crippen LogP contribution in [0.25, 0.3) is 11.0 Å². The number of hydrogen-bond acceptors (Lipinski definition) is 4. The highest BCUT2D eigenvalue weighted by Gasteiger charge is 2.14. The van der Waals surface area contributed by atoms with Crippen LogP contribution in [0.3, 0.4) is 0 Å². The first-order valence-corrected chi connectivity index (χ1v) is 8.34. The lowest BCUT2D eigenvalue weighted by atomic mass is 10.3. The van der Waals surface area contributed by atoms with E-state index in [0.717, 1.165) is 16.9 Å². The zero-order valence-electron chi connectivity index (χ0n) is 11.5. The van der Waals surface area contributed by atoms with E-state index in [4.69, 9.17) is 0 Å². The van der Waals surface area contributed by atoms with Crippen LogP contribution in [-0.4, -0.2) is 42.3 Å². The first-order chi connectivity index (χ1) is 10.00. The molecule has 0 unspecified atom stereocenters. The molecule has 1 heterocycles. The van der Waals surface area contributed by atoms with Crippen molar-refractivity contribution < 1.29 is 13.2 Å². The summed E-state index contributed by atoms with van der Waals surface area (Å²) < 4.78 is 22.9. The number of fused-ring (bicyclic) bond motifs is 1. The van der Waals surface area contributed by atoms with Gasteiger partial charge in [-0.1, -0.05) is 18.2 Å². The number of rotatable bonds is 7. The summed E-state index contributed by atoms with van der Waals surface area (Å²) in [6.45, 7) is 3.69. The van der Waals surface area contributed by atoms with Gasteiger partial charge >= 0.3 is 0 Å². The van der Waals surface area contributed by atoms with Gasteiger partial charge in [-0.15, -0.1) is 6.58 Å². The molecule has 0 fully saturated rings. The highest BCUT2D eigenvalue weighted by atomic mass is 32.2. The van der Waals surface area contributed by atoms with Gasteiger partial charge in [0.05, 0.1) is 16.8 Å². The van der Waals surface area contributed by atoms with Crippen molar-refractivity contribution in [3.8, 4) is 0 Å². The fourth-order valence-electron chi connectivity index (χ4n) is 1.93. The zero-order chi connectivity index (χ0) is 15.3. The van der Waals surface area contributed by atoms with Crippen molar-refractivity contribution in [2.24, 2.45) is 0 Å². The number of hydrogen-bond donors (Lipinski definition) is 2. The summed E-state index contributed by atoms with van der Waals surface area (Å²) in [7, 11) is -3.40. The van der Waals surface area contributed by atoms with E-state index in [1.54, 1.807) is 0 Å². The average Bonchev–Trinajstić information content (AvgIpc) is 2.80. The van der Waals surface area contributed by atoms with E-state index in [1.807, 2.05) is 24.3 Å². The van der Waals surface area contributed by atoms with Crippen LogP contribution >= 0.6 is 0 Å². The standard InChI is InChI=1S/C14H17N3O3S/c1-2-9-21(19,20)10-14(18)15-8-7-13-16-11-5-3-4-6-12(11)17-13/h2-6H,1,7-10H2,(H,15,18)(H,16,17). The summed E-state index contributed by atoms with van der Waals surface area (Å²) in [5, 5.41) is 2.58. The molecule has 2 N–H and O–H groups in total. The van der Waals surface area contributed by atoms with Crippen molar-refractivity contribution in [1.82, 2.24) is 15.3 Å². The molecular formula is C14H17N3O3S. The Morgan fingerprint density at radius 1 is 1.38 bits per heavy atom. The molecule has 6 nitrogen and oxygen atoms in total. The van der Waals surface area contributed by atoms with Crippen LogP contribution in [0.5, 0.6) is 0 Å². The fourth-order valence-corrected chi connectivity index (χ4v) is 2.91. The lowest BCUT2D eigenvalue weighted by molar-refractivity contribution is -0.118. The largest absolute Gasteiger partial charge is 0.355 e. The molecule has 0 aliphatic carbocycles. The monoisotopic (exact) mass is 307 g/mol. The maximum atomic E-state index is 11.5. The minimum absolute atomic E-state index is 0.190. The maximum Gasteiger partial charge on any atom is 0.235 e. The Balaban J connectivity index is 1.84. The molecule has 0 saturated carbocycles. The molecule has 0 bridgehead atoms. The van der Waals surface area contributed by atoms with E-state index < -0.39 is 21.5 Å². The zero-order valence-corrected chi connectivity index (χ0v) is 12.3. The minimum atomic E-state index is -3.40. The van der Waals surface area contributed by atoms with Crippen molar-refractivity contribution >= 4 is 26.8 Å². The maximum absolute atomic E-state index is 11.5. The van der Waals surface area contributed by atoms with E-state index in [9.17, 15) is 13.2 Å². The third-order valence-electron chi connectivity index (χ3n) is 2.85. The predicted molar refractivity (Wildman–Crippen MR) is 81.7 cm³/mol. The molecule has 0 aliphatic rings. The summed E-state index contributed by atoms with van der Waals surface area (Å²) >= 11 is 0. The number of amides is 1. The predicted octanol–water partition coefficient (Wildman–Crippen LogP) is 0.822. The number of imidazole rings is 1. The molecule has 2 aromatic rings. The van der Waals surface area contributed by atoms with Crippen LogP contribution in [0.1, 0.15) is 5.82 Å². The Labute approximate surface area is 123 Å². The van der Waals surface area contributed by atoms with Crippen LogP contribution in [0.4, 0.5) is 0 Å². The highest BCUT2D eigenvalue weighted by molar-refractivity contribution is 7.92. The molecule has 2 rings (SSSR count). The number of aromatic nitrogens is 2. The van der Waals surface area contributed by atoms with Gasteiger partial charge in [0.15, 0.2) is 9.84 Å². The molecule has 0 saturated heterocycles. The van der Waals surface area contributed by atoms with Gasteiger partial charge in [-0.2, -0.15) is 0 Å². The number of nitrogens with one attached hydrogen (secondary N) is 2. The molecule has 21 heavy (non-hydrogen) atoms. The van der Waals surface area contributed by atoms with Crippen LogP contribution in [0.15, 0.2) is 36.9 Å². The molecule has 7 heteroatoms. The van der Waals surface area contributed by atoms with Gasteiger partial charge in [-0.05, 0) is 12.1 Å². The summed E-state index contributed by atoms with van der Waals surface area (Å²) in [5.74, 6) is -0.457. The molecule has 0 aliphatic heterocycles. The number of benzene rings is 1. The molecule has 1 aromatic carbocycles. The molecule has 1 aromatic heterocycles. The lowest BCUT2D eigenvalue weighted by Gasteiger charge is -2.04. The third-order valence-corrected chi connectivity index (χ3v) is 4.29. The molecule has 0 radical (unpaired) electrons. The van der Waals surface area contributed by atoms with Gasteiger partial charge < -0.3 is 10.3 Å². The Kier molecular flexibility index (Phi) is 4.74. The van der Waals surface area contributed by atoms with E-state index in [0.29, 0.717) is 13.0 Å². The molecular weight excluding hydrogens is 290 g/mol. The van der Waals surface area contributed by atoms with Gasteiger partial charge in [-0.3, -0.25) is 4.79 Å². The van der Waals surface area contributed by atoms with E-state index in [2.05, 4.69) is 21.9 Å². The second-order valence-corrected chi connectivity index (χ2v) is 6.75. The smallest absolute Gasteiger partial charge is 0.235 e. The van der Waals surface area contributed by atoms with Gasteiger partial charge in [0.2, 0.25) is 5.91 Å². The minimum Gasteiger partial charge on any atom is -0.355 e. The quantitative estimate of drug-likeness (QED) is 0.741. The van der Waals surface area contributed by atoms with E-state index in [1.165, 1.54) is 6.08 Å². The van der Waals surface area contributed by atoms with Crippen molar-refractivity contribution in [3.05, 3.63) is 42.7 Å². The van der Waals surface area contributed by atoms with Crippen molar-refractivity contribution in [2.75, 3.05) is 18.1 Å². The Hall–Kier alpha value is -2.15.